The van der Waals surface area contributed by atoms with E-state index in [0.29, 0.717) is 35.2 Å². The van der Waals surface area contributed by atoms with E-state index >= 15 is 0 Å². The maximum Gasteiger partial charge on any atom is 0.160 e. The van der Waals surface area contributed by atoms with Gasteiger partial charge in [-0.2, -0.15) is 0 Å². The van der Waals surface area contributed by atoms with E-state index in [1.165, 1.54) is 6.92 Å². The van der Waals surface area contributed by atoms with E-state index in [0.717, 1.165) is 0 Å². The van der Waals surface area contributed by atoms with E-state index in [4.69, 9.17) is 9.47 Å². The fraction of sp³-hybridized carbons (Fsp3) is 0.462. The van der Waals surface area contributed by atoms with Crippen LogP contribution in [-0.4, -0.2) is 29.5 Å². The predicted octanol–water partition coefficient (Wildman–Crippen LogP) is 2.42. The van der Waals surface area contributed by atoms with Gasteiger partial charge in [-0.25, -0.2) is 0 Å². The Morgan fingerprint density at radius 1 is 1.17 bits per heavy atom. The first-order chi connectivity index (χ1) is 8.51. The van der Waals surface area contributed by atoms with Crippen LogP contribution in [0.1, 0.15) is 31.1 Å². The molecule has 0 aromatic heterocycles. The summed E-state index contributed by atoms with van der Waals surface area (Å²) >= 11 is 0. The van der Waals surface area contributed by atoms with Gasteiger partial charge in [0.1, 0.15) is 16.4 Å². The number of ketones is 1. The molecule has 0 heterocycles. The van der Waals surface area contributed by atoms with E-state index in [9.17, 15) is 9.00 Å². The van der Waals surface area contributed by atoms with Gasteiger partial charge in [0.25, 0.3) is 0 Å². The molecule has 1 rings (SSSR count). The van der Waals surface area contributed by atoms with Crippen molar-refractivity contribution < 1.29 is 18.5 Å². The Balaban J connectivity index is 3.43. The molecular weight excluding hydrogens is 252 g/mol. The SMILES string of the molecule is CCOc1cc(C(C)=O)cc(OCC)c1S(C)=O. The molecule has 0 saturated heterocycles. The number of ether oxygens (including phenoxy) is 2. The fourth-order valence-corrected chi connectivity index (χ4v) is 2.39. The highest BCUT2D eigenvalue weighted by atomic mass is 32.2. The van der Waals surface area contributed by atoms with Crippen molar-refractivity contribution >= 4 is 16.6 Å². The molecule has 0 aliphatic heterocycles. The second-order valence-electron chi connectivity index (χ2n) is 3.68. The molecule has 0 saturated carbocycles. The average molecular weight is 270 g/mol. The van der Waals surface area contributed by atoms with Crippen LogP contribution in [0.15, 0.2) is 17.0 Å². The molecule has 1 atom stereocenters. The minimum absolute atomic E-state index is 0.0784. The number of carbonyl (C=O) groups excluding carboxylic acids is 1. The Hall–Kier alpha value is -1.36. The number of hydrogen-bond acceptors (Lipinski definition) is 4. The number of carbonyl (C=O) groups is 1. The summed E-state index contributed by atoms with van der Waals surface area (Å²) in [6.45, 7) is 6.03. The third-order valence-corrected chi connectivity index (χ3v) is 3.29. The Kier molecular flexibility index (Phi) is 5.34. The zero-order chi connectivity index (χ0) is 13.7. The molecule has 0 aliphatic carbocycles. The third-order valence-electron chi connectivity index (χ3n) is 2.31. The molecule has 0 spiro atoms. The van der Waals surface area contributed by atoms with Gasteiger partial charge in [0.2, 0.25) is 0 Å². The second-order valence-corrected chi connectivity index (χ2v) is 4.99. The van der Waals surface area contributed by atoms with Crippen molar-refractivity contribution in [1.82, 2.24) is 0 Å². The summed E-state index contributed by atoms with van der Waals surface area (Å²) in [6.07, 6.45) is 1.56. The monoisotopic (exact) mass is 270 g/mol. The smallest absolute Gasteiger partial charge is 0.160 e. The van der Waals surface area contributed by atoms with Crippen LogP contribution in [0, 0.1) is 0 Å². The lowest BCUT2D eigenvalue weighted by Gasteiger charge is -2.14. The van der Waals surface area contributed by atoms with Crippen LogP contribution in [0.2, 0.25) is 0 Å². The Morgan fingerprint density at radius 3 is 1.89 bits per heavy atom. The zero-order valence-electron chi connectivity index (χ0n) is 11.1. The number of benzene rings is 1. The van der Waals surface area contributed by atoms with Crippen LogP contribution < -0.4 is 9.47 Å². The highest BCUT2D eigenvalue weighted by Crippen LogP contribution is 2.33. The maximum atomic E-state index is 11.8. The number of Topliss-reactive ketones (excluding diaryl/α,β-unsaturated/α-hetero) is 1. The van der Waals surface area contributed by atoms with E-state index in [2.05, 4.69) is 0 Å². The van der Waals surface area contributed by atoms with Crippen LogP contribution in [-0.2, 0) is 10.8 Å². The summed E-state index contributed by atoms with van der Waals surface area (Å²) in [5.41, 5.74) is 0.496. The summed E-state index contributed by atoms with van der Waals surface area (Å²) in [4.78, 5) is 12.0. The largest absolute Gasteiger partial charge is 0.492 e. The summed E-state index contributed by atoms with van der Waals surface area (Å²) in [6, 6.07) is 3.23. The Bertz CT molecular complexity index is 441. The van der Waals surface area contributed by atoms with Gasteiger partial charge in [-0.05, 0) is 32.9 Å². The van der Waals surface area contributed by atoms with E-state index < -0.39 is 10.8 Å². The summed E-state index contributed by atoms with van der Waals surface area (Å²) in [5.74, 6) is 0.828. The first kappa shape index (κ1) is 14.7. The molecule has 0 N–H and O–H groups in total. The van der Waals surface area contributed by atoms with Crippen molar-refractivity contribution in [2.45, 2.75) is 25.7 Å². The fourth-order valence-electron chi connectivity index (χ4n) is 1.59. The molecule has 100 valence electrons. The van der Waals surface area contributed by atoms with Crippen molar-refractivity contribution in [2.75, 3.05) is 19.5 Å². The number of hydrogen-bond donors (Lipinski definition) is 0. The van der Waals surface area contributed by atoms with Crippen molar-refractivity contribution in [3.8, 4) is 11.5 Å². The van der Waals surface area contributed by atoms with Crippen LogP contribution in [0.5, 0.6) is 11.5 Å². The van der Waals surface area contributed by atoms with Gasteiger partial charge in [-0.1, -0.05) is 0 Å². The maximum absolute atomic E-state index is 11.8. The Labute approximate surface area is 110 Å². The number of rotatable bonds is 6. The normalized spacial score (nSPS) is 12.0. The molecule has 0 radical (unpaired) electrons. The summed E-state index contributed by atoms with van der Waals surface area (Å²) in [5, 5.41) is 0. The van der Waals surface area contributed by atoms with Gasteiger partial charge in [0.15, 0.2) is 5.78 Å². The molecule has 5 heteroatoms. The molecule has 0 amide bonds. The second kappa shape index (κ2) is 6.54. The Morgan fingerprint density at radius 2 is 1.61 bits per heavy atom. The van der Waals surface area contributed by atoms with Crippen LogP contribution in [0.25, 0.3) is 0 Å². The average Bonchev–Trinajstić information content (AvgIpc) is 2.28. The minimum Gasteiger partial charge on any atom is -0.492 e. The highest BCUT2D eigenvalue weighted by molar-refractivity contribution is 7.84. The molecule has 1 unspecified atom stereocenters. The zero-order valence-corrected chi connectivity index (χ0v) is 11.9. The summed E-state index contributed by atoms with van der Waals surface area (Å²) in [7, 11) is -1.24. The van der Waals surface area contributed by atoms with Crippen molar-refractivity contribution in [2.24, 2.45) is 0 Å². The van der Waals surface area contributed by atoms with Gasteiger partial charge < -0.3 is 9.47 Å². The molecular formula is C13H18O4S. The van der Waals surface area contributed by atoms with Crippen molar-refractivity contribution in [3.05, 3.63) is 17.7 Å². The van der Waals surface area contributed by atoms with Gasteiger partial charge >= 0.3 is 0 Å². The predicted molar refractivity (Wildman–Crippen MR) is 71.1 cm³/mol. The molecule has 0 bridgehead atoms. The van der Waals surface area contributed by atoms with Crippen molar-refractivity contribution in [3.63, 3.8) is 0 Å². The molecule has 1 aromatic rings. The lowest BCUT2D eigenvalue weighted by Crippen LogP contribution is -2.05. The van der Waals surface area contributed by atoms with Gasteiger partial charge in [0.05, 0.1) is 24.0 Å². The molecule has 4 nitrogen and oxygen atoms in total. The topological polar surface area (TPSA) is 52.6 Å². The molecule has 1 aromatic carbocycles. The first-order valence-corrected chi connectivity index (χ1v) is 7.35. The lowest BCUT2D eigenvalue weighted by atomic mass is 10.1. The van der Waals surface area contributed by atoms with Gasteiger partial charge in [-0.3, -0.25) is 9.00 Å². The van der Waals surface area contributed by atoms with Crippen LogP contribution in [0.4, 0.5) is 0 Å². The third kappa shape index (κ3) is 3.32. The lowest BCUT2D eigenvalue weighted by molar-refractivity contribution is 0.101. The molecule has 0 fully saturated rings. The molecule has 0 aliphatic rings. The van der Waals surface area contributed by atoms with Gasteiger partial charge in [-0.15, -0.1) is 0 Å². The highest BCUT2D eigenvalue weighted by Gasteiger charge is 2.18. The van der Waals surface area contributed by atoms with Crippen molar-refractivity contribution in [1.29, 1.82) is 0 Å². The first-order valence-electron chi connectivity index (χ1n) is 5.79. The van der Waals surface area contributed by atoms with E-state index in [-0.39, 0.29) is 5.78 Å². The van der Waals surface area contributed by atoms with Gasteiger partial charge in [0, 0.05) is 11.8 Å². The standard InChI is InChI=1S/C13H18O4S/c1-5-16-11-7-10(9(3)14)8-12(17-6-2)13(11)18(4)15/h7-8H,5-6H2,1-4H3. The van der Waals surface area contributed by atoms with E-state index in [1.807, 2.05) is 13.8 Å². The van der Waals surface area contributed by atoms with Crippen LogP contribution >= 0.6 is 0 Å². The van der Waals surface area contributed by atoms with Crippen LogP contribution in [0.3, 0.4) is 0 Å². The molecule has 18 heavy (non-hydrogen) atoms. The van der Waals surface area contributed by atoms with E-state index in [1.54, 1.807) is 18.4 Å². The minimum atomic E-state index is -1.24. The quantitative estimate of drug-likeness (QED) is 0.745. The summed E-state index contributed by atoms with van der Waals surface area (Å²) < 4.78 is 22.7.